The van der Waals surface area contributed by atoms with Crippen LogP contribution in [0.1, 0.15) is 11.1 Å². The van der Waals surface area contributed by atoms with E-state index in [-0.39, 0.29) is 5.69 Å². The summed E-state index contributed by atoms with van der Waals surface area (Å²) in [6.45, 7) is 1.79. The van der Waals surface area contributed by atoms with Crippen LogP contribution in [-0.2, 0) is 11.2 Å². The van der Waals surface area contributed by atoms with Crippen LogP contribution in [-0.4, -0.2) is 11.9 Å². The maximum absolute atomic E-state index is 13.6. The van der Waals surface area contributed by atoms with Crippen LogP contribution in [0.4, 0.5) is 10.1 Å². The summed E-state index contributed by atoms with van der Waals surface area (Å²) in [5.74, 6) is -0.845. The number of aryl methyl sites for hydroxylation is 1. The van der Waals surface area contributed by atoms with Gasteiger partial charge in [-0.3, -0.25) is 4.79 Å². The molecule has 2 aromatic carbocycles. The predicted molar refractivity (Wildman–Crippen MR) is 77.9 cm³/mol. The second-order valence-electron chi connectivity index (χ2n) is 4.77. The molecule has 0 fully saturated rings. The molecule has 0 bridgehead atoms. The van der Waals surface area contributed by atoms with Crippen molar-refractivity contribution in [1.29, 1.82) is 0 Å². The quantitative estimate of drug-likeness (QED) is 0.899. The number of benzene rings is 2. The van der Waals surface area contributed by atoms with Crippen LogP contribution in [0.5, 0.6) is 0 Å². The molecule has 1 unspecified atom stereocenters. The molecule has 0 aliphatic carbocycles. The number of rotatable bonds is 4. The highest BCUT2D eigenvalue weighted by atomic mass is 19.1. The Morgan fingerprint density at radius 3 is 2.60 bits per heavy atom. The second-order valence-corrected chi connectivity index (χ2v) is 4.77. The van der Waals surface area contributed by atoms with Gasteiger partial charge in [0.05, 0.1) is 11.7 Å². The summed E-state index contributed by atoms with van der Waals surface area (Å²) < 4.78 is 13.6. The van der Waals surface area contributed by atoms with Crippen molar-refractivity contribution in [3.63, 3.8) is 0 Å². The number of amides is 1. The molecule has 0 radical (unpaired) electrons. The number of halogens is 1. The minimum atomic E-state index is -0.710. The van der Waals surface area contributed by atoms with Gasteiger partial charge in [-0.05, 0) is 36.6 Å². The van der Waals surface area contributed by atoms with Crippen LogP contribution in [0.3, 0.4) is 0 Å². The molecule has 2 rings (SSSR count). The minimum Gasteiger partial charge on any atom is -0.322 e. The Morgan fingerprint density at radius 1 is 1.25 bits per heavy atom. The lowest BCUT2D eigenvalue weighted by molar-refractivity contribution is -0.117. The first-order chi connectivity index (χ1) is 9.56. The highest BCUT2D eigenvalue weighted by molar-refractivity contribution is 5.95. The highest BCUT2D eigenvalue weighted by Gasteiger charge is 2.15. The second kappa shape index (κ2) is 6.30. The topological polar surface area (TPSA) is 55.1 Å². The van der Waals surface area contributed by atoms with Crippen molar-refractivity contribution in [2.45, 2.75) is 19.4 Å². The third-order valence-electron chi connectivity index (χ3n) is 3.02. The fourth-order valence-electron chi connectivity index (χ4n) is 1.91. The first-order valence-electron chi connectivity index (χ1n) is 6.43. The standard InChI is InChI=1S/C16H17FN2O/c1-11-7-8-15(13(17)9-11)19-16(20)14(18)10-12-5-3-2-4-6-12/h2-9,14H,10,18H2,1H3,(H,19,20). The average molecular weight is 272 g/mol. The molecule has 0 saturated heterocycles. The first-order valence-corrected chi connectivity index (χ1v) is 6.43. The van der Waals surface area contributed by atoms with E-state index in [4.69, 9.17) is 5.73 Å². The van der Waals surface area contributed by atoms with Gasteiger partial charge in [0.1, 0.15) is 5.82 Å². The number of nitrogens with one attached hydrogen (secondary N) is 1. The third kappa shape index (κ3) is 3.65. The fraction of sp³-hybridized carbons (Fsp3) is 0.188. The zero-order valence-electron chi connectivity index (χ0n) is 11.3. The molecule has 3 nitrogen and oxygen atoms in total. The third-order valence-corrected chi connectivity index (χ3v) is 3.02. The predicted octanol–water partition coefficient (Wildman–Crippen LogP) is 2.64. The van der Waals surface area contributed by atoms with Gasteiger partial charge in [0.2, 0.25) is 5.91 Å². The van der Waals surface area contributed by atoms with Crippen molar-refractivity contribution in [1.82, 2.24) is 0 Å². The van der Waals surface area contributed by atoms with Crippen molar-refractivity contribution >= 4 is 11.6 Å². The summed E-state index contributed by atoms with van der Waals surface area (Å²) in [6.07, 6.45) is 0.417. The smallest absolute Gasteiger partial charge is 0.241 e. The molecule has 0 aromatic heterocycles. The van der Waals surface area contributed by atoms with Crippen LogP contribution < -0.4 is 11.1 Å². The summed E-state index contributed by atoms with van der Waals surface area (Å²) in [5.41, 5.74) is 7.77. The molecule has 2 aromatic rings. The molecule has 20 heavy (non-hydrogen) atoms. The molecule has 0 saturated carbocycles. The Bertz CT molecular complexity index is 599. The molecule has 0 aliphatic rings. The normalized spacial score (nSPS) is 11.9. The molecule has 1 atom stereocenters. The van der Waals surface area contributed by atoms with E-state index in [1.165, 1.54) is 12.1 Å². The monoisotopic (exact) mass is 272 g/mol. The zero-order valence-corrected chi connectivity index (χ0v) is 11.3. The van der Waals surface area contributed by atoms with Gasteiger partial charge in [-0.15, -0.1) is 0 Å². The van der Waals surface area contributed by atoms with Gasteiger partial charge in [0.15, 0.2) is 0 Å². The van der Waals surface area contributed by atoms with Crippen molar-refractivity contribution in [3.05, 3.63) is 65.5 Å². The van der Waals surface area contributed by atoms with Crippen LogP contribution in [0.2, 0.25) is 0 Å². The van der Waals surface area contributed by atoms with E-state index in [1.54, 1.807) is 13.0 Å². The van der Waals surface area contributed by atoms with E-state index in [2.05, 4.69) is 5.32 Å². The van der Waals surface area contributed by atoms with Crippen molar-refractivity contribution in [2.75, 3.05) is 5.32 Å². The number of hydrogen-bond donors (Lipinski definition) is 2. The molecular weight excluding hydrogens is 255 g/mol. The van der Waals surface area contributed by atoms with Gasteiger partial charge in [-0.25, -0.2) is 4.39 Å². The maximum Gasteiger partial charge on any atom is 0.241 e. The van der Waals surface area contributed by atoms with Crippen molar-refractivity contribution < 1.29 is 9.18 Å². The van der Waals surface area contributed by atoms with Crippen molar-refractivity contribution in [3.8, 4) is 0 Å². The number of nitrogens with two attached hydrogens (primary N) is 1. The summed E-state index contributed by atoms with van der Waals surface area (Å²) in [5, 5.41) is 2.52. The lowest BCUT2D eigenvalue weighted by atomic mass is 10.1. The Balaban J connectivity index is 2.01. The van der Waals surface area contributed by atoms with Crippen LogP contribution >= 0.6 is 0 Å². The summed E-state index contributed by atoms with van der Waals surface area (Å²) in [6, 6.07) is 13.4. The lowest BCUT2D eigenvalue weighted by Gasteiger charge is -2.13. The number of hydrogen-bond acceptors (Lipinski definition) is 2. The van der Waals surface area contributed by atoms with E-state index in [0.717, 1.165) is 11.1 Å². The van der Waals surface area contributed by atoms with Crippen LogP contribution in [0.25, 0.3) is 0 Å². The minimum absolute atomic E-state index is 0.157. The molecule has 4 heteroatoms. The Labute approximate surface area is 117 Å². The Hall–Kier alpha value is -2.20. The van der Waals surface area contributed by atoms with Crippen LogP contribution in [0, 0.1) is 12.7 Å². The molecule has 3 N–H and O–H groups in total. The average Bonchev–Trinajstić information content (AvgIpc) is 2.43. The van der Waals surface area contributed by atoms with Gasteiger partial charge in [-0.1, -0.05) is 36.4 Å². The summed E-state index contributed by atoms with van der Waals surface area (Å²) in [7, 11) is 0. The van der Waals surface area contributed by atoms with E-state index in [0.29, 0.717) is 6.42 Å². The van der Waals surface area contributed by atoms with E-state index in [9.17, 15) is 9.18 Å². The van der Waals surface area contributed by atoms with Gasteiger partial charge in [0.25, 0.3) is 0 Å². The SMILES string of the molecule is Cc1ccc(NC(=O)C(N)Cc2ccccc2)c(F)c1. The lowest BCUT2D eigenvalue weighted by Crippen LogP contribution is -2.37. The maximum atomic E-state index is 13.6. The number of carbonyl (C=O) groups excluding carboxylic acids is 1. The molecule has 104 valence electrons. The molecule has 0 aliphatic heterocycles. The largest absolute Gasteiger partial charge is 0.322 e. The van der Waals surface area contributed by atoms with E-state index >= 15 is 0 Å². The summed E-state index contributed by atoms with van der Waals surface area (Å²) in [4.78, 5) is 12.0. The van der Waals surface area contributed by atoms with E-state index < -0.39 is 17.8 Å². The molecular formula is C16H17FN2O. The van der Waals surface area contributed by atoms with Crippen molar-refractivity contribution in [2.24, 2.45) is 5.73 Å². The molecule has 1 amide bonds. The Morgan fingerprint density at radius 2 is 1.95 bits per heavy atom. The molecule has 0 heterocycles. The Kier molecular flexibility index (Phi) is 4.48. The summed E-state index contributed by atoms with van der Waals surface area (Å²) >= 11 is 0. The van der Waals surface area contributed by atoms with E-state index in [1.807, 2.05) is 30.3 Å². The number of carbonyl (C=O) groups is 1. The van der Waals surface area contributed by atoms with Gasteiger partial charge < -0.3 is 11.1 Å². The van der Waals surface area contributed by atoms with Gasteiger partial charge >= 0.3 is 0 Å². The number of anilines is 1. The fourth-order valence-corrected chi connectivity index (χ4v) is 1.91. The first kappa shape index (κ1) is 14.2. The molecule has 0 spiro atoms. The zero-order chi connectivity index (χ0) is 14.5. The van der Waals surface area contributed by atoms with Gasteiger partial charge in [-0.2, -0.15) is 0 Å². The highest BCUT2D eigenvalue weighted by Crippen LogP contribution is 2.15. The van der Waals surface area contributed by atoms with Gasteiger partial charge in [0, 0.05) is 0 Å². The van der Waals surface area contributed by atoms with Crippen LogP contribution in [0.15, 0.2) is 48.5 Å².